The van der Waals surface area contributed by atoms with Crippen LogP contribution < -0.4 is 0 Å². The lowest BCUT2D eigenvalue weighted by Gasteiger charge is -2.64. The van der Waals surface area contributed by atoms with Gasteiger partial charge in [-0.15, -0.1) is 0 Å². The highest BCUT2D eigenvalue weighted by atomic mass is 16.8. The number of ether oxygens (including phenoxy) is 12. The minimum Gasteiger partial charge on any atom is -0.432 e. The molecule has 10 aliphatic rings. The molecule has 2 bridgehead atoms. The van der Waals surface area contributed by atoms with Gasteiger partial charge in [-0.2, -0.15) is 0 Å². The van der Waals surface area contributed by atoms with Crippen LogP contribution in [0.1, 0.15) is 71.6 Å². The molecule has 12 unspecified atom stereocenters. The lowest BCUT2D eigenvalue weighted by molar-refractivity contribution is -0.364. The molecule has 20 N–H and O–H groups in total. The van der Waals surface area contributed by atoms with Crippen molar-refractivity contribution in [2.75, 3.05) is 66.1 Å². The van der Waals surface area contributed by atoms with Crippen LogP contribution in [0.4, 0.5) is 0 Å². The lowest BCUT2D eigenvalue weighted by atomic mass is 9.41. The van der Waals surface area contributed by atoms with Gasteiger partial charge in [0.2, 0.25) is 6.29 Å². The number of esters is 1. The summed E-state index contributed by atoms with van der Waals surface area (Å²) in [5.41, 5.74) is -2.42. The summed E-state index contributed by atoms with van der Waals surface area (Å²) in [6.45, 7) is 2.50. The highest BCUT2D eigenvalue weighted by Crippen LogP contribution is 2.73. The highest BCUT2D eigenvalue weighted by Gasteiger charge is 2.69. The summed E-state index contributed by atoms with van der Waals surface area (Å²) < 4.78 is 72.4. The van der Waals surface area contributed by atoms with Crippen molar-refractivity contribution in [2.24, 2.45) is 34.0 Å². The fraction of sp³-hybridized carbons (Fsp3) is 0.950. The van der Waals surface area contributed by atoms with E-state index >= 15 is 4.79 Å². The Bertz CT molecular complexity index is 2470. The van der Waals surface area contributed by atoms with Gasteiger partial charge in [0.15, 0.2) is 18.7 Å². The predicted molar refractivity (Wildman–Crippen MR) is 303 cm³/mol. The average molecular weight is 1350 g/mol. The highest BCUT2D eigenvalue weighted by molar-refractivity contribution is 5.77. The predicted octanol–water partition coefficient (Wildman–Crippen LogP) is -9.09. The second-order valence-electron chi connectivity index (χ2n) is 28.0. The number of rotatable bonds is 22. The molecule has 4 saturated carbocycles. The second kappa shape index (κ2) is 29.7. The molecule has 33 nitrogen and oxygen atoms in total. The van der Waals surface area contributed by atoms with Crippen LogP contribution in [0.15, 0.2) is 12.2 Å². The zero-order valence-electron chi connectivity index (χ0n) is 51.9. The third-order valence-electron chi connectivity index (χ3n) is 22.5. The molecule has 33 heteroatoms. The van der Waals surface area contributed by atoms with Crippen molar-refractivity contribution in [1.29, 1.82) is 0 Å². The van der Waals surface area contributed by atoms with E-state index in [-0.39, 0.29) is 18.4 Å². The summed E-state index contributed by atoms with van der Waals surface area (Å²) in [4.78, 5) is 15.3. The first-order valence-corrected chi connectivity index (χ1v) is 32.3. The molecule has 0 radical (unpaired) electrons. The van der Waals surface area contributed by atoms with Crippen molar-refractivity contribution in [3.05, 3.63) is 12.2 Å². The molecule has 0 aromatic rings. The molecule has 6 heterocycles. The third-order valence-corrected chi connectivity index (χ3v) is 22.5. The molecular formula is C60H98O33. The number of carbonyl (C=O) groups is 1. The largest absolute Gasteiger partial charge is 0.432 e. The van der Waals surface area contributed by atoms with Gasteiger partial charge < -0.3 is 159 Å². The molecule has 10 rings (SSSR count). The van der Waals surface area contributed by atoms with Crippen LogP contribution in [0.2, 0.25) is 0 Å². The van der Waals surface area contributed by atoms with Gasteiger partial charge in [0.1, 0.15) is 140 Å². The van der Waals surface area contributed by atoms with E-state index in [1.54, 1.807) is 6.92 Å². The van der Waals surface area contributed by atoms with Crippen LogP contribution in [-0.4, -0.2) is 357 Å². The van der Waals surface area contributed by atoms with E-state index in [0.29, 0.717) is 57.8 Å². The van der Waals surface area contributed by atoms with E-state index in [1.807, 2.05) is 0 Å². The Morgan fingerprint density at radius 2 is 0.860 bits per heavy atom. The summed E-state index contributed by atoms with van der Waals surface area (Å²) >= 11 is 0. The number of fused-ring (bicyclic) bond motifs is 3. The molecule has 36 atom stereocenters. The van der Waals surface area contributed by atoms with Gasteiger partial charge in [0.25, 0.3) is 0 Å². The number of hydrogen-bond donors (Lipinski definition) is 20. The molecule has 1 spiro atoms. The zero-order chi connectivity index (χ0) is 67.6. The quantitative estimate of drug-likeness (QED) is 0.0354. The van der Waals surface area contributed by atoms with Crippen LogP contribution >= 0.6 is 0 Å². The van der Waals surface area contributed by atoms with Crippen LogP contribution in [0, 0.1) is 34.0 Å². The number of carbonyl (C=O) groups excluding carboxylic acids is 1. The Labute approximate surface area is 535 Å². The Hall–Kier alpha value is -2.03. The van der Waals surface area contributed by atoms with E-state index in [9.17, 15) is 102 Å². The normalized spacial score (nSPS) is 52.6. The van der Waals surface area contributed by atoms with Crippen LogP contribution in [0.25, 0.3) is 0 Å². The van der Waals surface area contributed by atoms with Gasteiger partial charge in [0, 0.05) is 5.92 Å². The van der Waals surface area contributed by atoms with E-state index in [0.717, 1.165) is 5.57 Å². The summed E-state index contributed by atoms with van der Waals surface area (Å²) in [5, 5.41) is 213. The van der Waals surface area contributed by atoms with Gasteiger partial charge in [-0.05, 0) is 86.5 Å². The standard InChI is InChI=1S/C60H98O33/c1-23-11-59-9-5-34-57(2,7-4-8-58(34,3)56(81)93-55-52(92-54-50(80)47(77)40(70)29(16-65)89-54)48(78)43(73)32(90-55)20-83-19-31-42(72)45(75)38(68)27(14-63)86-31)35(59)6-10-60(23,22-59)84-21-33-51(91-53-49(79)46(76)39(69)28(15-64)88-53)24(36(66)25(12-61)87-33)17-82-18-30-41(71)44(74)37(67)26(13-62)85-30/h24-55,61-80H,1,4-22H2,2-3H3/t24-,25?,26?,27?,28?,29?,30+,31+,32?,33?,34+,35+,36+,37-,38-,39-,40-,41?,42?,43-,44-,45-,46-,47-,48-,49+,50+,51+,52?,53?,54?,55+,57-,58-,59-,60+/m1/s1. The lowest BCUT2D eigenvalue weighted by Crippen LogP contribution is -2.65. The van der Waals surface area contributed by atoms with Gasteiger partial charge in [-0.1, -0.05) is 19.9 Å². The number of aliphatic hydroxyl groups excluding tert-OH is 20. The molecule has 0 amide bonds. The molecule has 0 aromatic heterocycles. The number of hydrogen-bond acceptors (Lipinski definition) is 33. The van der Waals surface area contributed by atoms with Crippen LogP contribution in [-0.2, 0) is 61.6 Å². The Balaban J connectivity index is 0.857. The van der Waals surface area contributed by atoms with Crippen molar-refractivity contribution in [3.8, 4) is 0 Å². The SMILES string of the molecule is C=C1C[C@@]23CC[C@H]4[C@@](C)(CCC[C@@]4(C)C(=O)O[C@@H]4OC(COC[C@@H]5OC(CO)[C@@H](O)[C@@H](O)C5O)[C@@H](O)[C@@H](O)C4OC4OC(CO)[C@@H](O)[C@@H](O)[C@@H]4O)[C@@H]2CC[C@]1(OCC1OC(CO)[C@@H](O)[C@@H](COC[C@@H]2OC(CO)[C@@H](O)[C@@H](O)C2O)[C@@H]1OC1OC(CO)[C@@H](O)[C@@H](O)[C@@H]1O)C3. The Kier molecular flexibility index (Phi) is 23.5. The van der Waals surface area contributed by atoms with E-state index < -0.39 is 271 Å². The van der Waals surface area contributed by atoms with Gasteiger partial charge in [-0.3, -0.25) is 4.79 Å². The van der Waals surface area contributed by atoms with Crippen molar-refractivity contribution >= 4 is 5.97 Å². The smallest absolute Gasteiger partial charge is 0.314 e. The maximum Gasteiger partial charge on any atom is 0.314 e. The minimum atomic E-state index is -2.01. The summed E-state index contributed by atoms with van der Waals surface area (Å²) in [6.07, 6.45) is -42.9. The molecule has 93 heavy (non-hydrogen) atoms. The first-order valence-electron chi connectivity index (χ1n) is 32.3. The fourth-order valence-electron chi connectivity index (χ4n) is 17.3. The topological polar surface area (TPSA) is 532 Å². The molecule has 4 aliphatic carbocycles. The van der Waals surface area contributed by atoms with E-state index in [1.165, 1.54) is 0 Å². The Morgan fingerprint density at radius 3 is 1.39 bits per heavy atom. The van der Waals surface area contributed by atoms with Crippen molar-refractivity contribution in [3.63, 3.8) is 0 Å². The molecule has 536 valence electrons. The maximum absolute atomic E-state index is 15.3. The minimum absolute atomic E-state index is 0.0325. The molecular weight excluding hydrogens is 1250 g/mol. The van der Waals surface area contributed by atoms with E-state index in [2.05, 4.69) is 13.5 Å². The summed E-state index contributed by atoms with van der Waals surface area (Å²) in [6, 6.07) is 0. The first kappa shape index (κ1) is 73.7. The molecule has 10 fully saturated rings. The fourth-order valence-corrected chi connectivity index (χ4v) is 17.3. The van der Waals surface area contributed by atoms with Crippen LogP contribution in [0.3, 0.4) is 0 Å². The first-order chi connectivity index (χ1) is 44.1. The number of aliphatic hydroxyl groups is 20. The molecule has 6 saturated heterocycles. The maximum atomic E-state index is 15.3. The monoisotopic (exact) mass is 1350 g/mol. The molecule has 0 aromatic carbocycles. The van der Waals surface area contributed by atoms with Gasteiger partial charge >= 0.3 is 5.97 Å². The van der Waals surface area contributed by atoms with E-state index in [4.69, 9.17) is 56.8 Å². The van der Waals surface area contributed by atoms with Crippen molar-refractivity contribution in [1.82, 2.24) is 0 Å². The molecule has 6 aliphatic heterocycles. The average Bonchev–Trinajstić information content (AvgIpc) is 1.61. The summed E-state index contributed by atoms with van der Waals surface area (Å²) in [5.74, 6) is -2.34. The zero-order valence-corrected chi connectivity index (χ0v) is 51.9. The van der Waals surface area contributed by atoms with Crippen molar-refractivity contribution < 1.29 is 164 Å². The van der Waals surface area contributed by atoms with Crippen LogP contribution in [0.5, 0.6) is 0 Å². The van der Waals surface area contributed by atoms with Gasteiger partial charge in [-0.25, -0.2) is 0 Å². The van der Waals surface area contributed by atoms with Crippen molar-refractivity contribution in [2.45, 2.75) is 255 Å². The Morgan fingerprint density at radius 1 is 0.441 bits per heavy atom. The third kappa shape index (κ3) is 13.8. The summed E-state index contributed by atoms with van der Waals surface area (Å²) in [7, 11) is 0. The second-order valence-corrected chi connectivity index (χ2v) is 28.0. The van der Waals surface area contributed by atoms with Gasteiger partial charge in [0.05, 0.1) is 89.3 Å².